The quantitative estimate of drug-likeness (QED) is 0.856. The fourth-order valence-electron chi connectivity index (χ4n) is 1.60. The lowest BCUT2D eigenvalue weighted by molar-refractivity contribution is -0.129. The van der Waals surface area contributed by atoms with Crippen LogP contribution < -0.4 is 10.5 Å². The Labute approximate surface area is 113 Å². The van der Waals surface area contributed by atoms with Gasteiger partial charge in [-0.1, -0.05) is 17.7 Å². The van der Waals surface area contributed by atoms with Crippen LogP contribution in [0, 0.1) is 0 Å². The van der Waals surface area contributed by atoms with Crippen LogP contribution in [0.15, 0.2) is 18.2 Å². The number of rotatable bonds is 6. The molecule has 100 valence electrons. The first-order valence-electron chi connectivity index (χ1n) is 5.85. The van der Waals surface area contributed by atoms with Crippen molar-refractivity contribution in [3.63, 3.8) is 0 Å². The monoisotopic (exact) mass is 270 g/mol. The molecule has 1 aromatic rings. The van der Waals surface area contributed by atoms with Gasteiger partial charge in [0.25, 0.3) is 0 Å². The Morgan fingerprint density at radius 3 is 2.78 bits per heavy atom. The summed E-state index contributed by atoms with van der Waals surface area (Å²) in [6.45, 7) is 1.04. The maximum absolute atomic E-state index is 11.5. The van der Waals surface area contributed by atoms with Gasteiger partial charge in [-0.2, -0.15) is 0 Å². The molecule has 0 bridgehead atoms. The van der Waals surface area contributed by atoms with Crippen LogP contribution in [0.3, 0.4) is 0 Å². The number of benzene rings is 1. The van der Waals surface area contributed by atoms with Crippen molar-refractivity contribution >= 4 is 17.5 Å². The minimum absolute atomic E-state index is 0.0668. The molecule has 0 fully saturated rings. The molecule has 2 N–H and O–H groups in total. The highest BCUT2D eigenvalue weighted by Gasteiger charge is 2.08. The highest BCUT2D eigenvalue weighted by molar-refractivity contribution is 6.32. The summed E-state index contributed by atoms with van der Waals surface area (Å²) in [6.07, 6.45) is 1.15. The lowest BCUT2D eigenvalue weighted by Gasteiger charge is -2.17. The van der Waals surface area contributed by atoms with Crippen LogP contribution in [-0.2, 0) is 11.2 Å². The molecule has 5 heteroatoms. The molecule has 4 nitrogen and oxygen atoms in total. The van der Waals surface area contributed by atoms with E-state index in [2.05, 4.69) is 0 Å². The second kappa shape index (κ2) is 7.24. The molecular weight excluding hydrogens is 252 g/mol. The summed E-state index contributed by atoms with van der Waals surface area (Å²) in [5, 5.41) is 0.589. The molecule has 18 heavy (non-hydrogen) atoms. The number of nitrogens with two attached hydrogens (primary N) is 1. The van der Waals surface area contributed by atoms with Gasteiger partial charge < -0.3 is 15.4 Å². The first kappa shape index (κ1) is 14.8. The second-order valence-electron chi connectivity index (χ2n) is 4.07. The van der Waals surface area contributed by atoms with E-state index in [1.165, 1.54) is 0 Å². The number of halogens is 1. The van der Waals surface area contributed by atoms with Crippen LogP contribution >= 0.6 is 11.6 Å². The Morgan fingerprint density at radius 2 is 2.22 bits per heavy atom. The van der Waals surface area contributed by atoms with Gasteiger partial charge in [-0.25, -0.2) is 0 Å². The number of hydrogen-bond donors (Lipinski definition) is 1. The predicted octanol–water partition coefficient (Wildman–Crippen LogP) is 1.70. The molecule has 0 aliphatic heterocycles. The second-order valence-corrected chi connectivity index (χ2v) is 4.48. The average Bonchev–Trinajstić information content (AvgIpc) is 2.36. The molecule has 0 spiro atoms. The Kier molecular flexibility index (Phi) is 5.95. The molecule has 0 aromatic heterocycles. The summed E-state index contributed by atoms with van der Waals surface area (Å²) in [4.78, 5) is 13.2. The van der Waals surface area contributed by atoms with Crippen LogP contribution in [-0.4, -0.2) is 38.1 Å². The topological polar surface area (TPSA) is 55.6 Å². The number of nitrogens with zero attached hydrogens (tertiary/aromatic N) is 1. The number of ether oxygens (including phenoxy) is 1. The number of amides is 1. The van der Waals surface area contributed by atoms with Crippen LogP contribution in [0.2, 0.25) is 5.02 Å². The van der Waals surface area contributed by atoms with Crippen LogP contribution in [0.4, 0.5) is 0 Å². The minimum atomic E-state index is 0.0668. The van der Waals surface area contributed by atoms with E-state index in [-0.39, 0.29) is 5.91 Å². The van der Waals surface area contributed by atoms with Crippen molar-refractivity contribution in [1.29, 1.82) is 0 Å². The van der Waals surface area contributed by atoms with E-state index in [1.807, 2.05) is 18.2 Å². The van der Waals surface area contributed by atoms with Gasteiger partial charge in [0.05, 0.1) is 12.1 Å². The molecule has 0 unspecified atom stereocenters. The van der Waals surface area contributed by atoms with Crippen molar-refractivity contribution in [2.24, 2.45) is 5.73 Å². The Hall–Kier alpha value is -1.26. The summed E-state index contributed by atoms with van der Waals surface area (Å²) in [5.74, 6) is 0.727. The zero-order chi connectivity index (χ0) is 13.5. The number of likely N-dealkylation sites (N-methyl/N-ethyl adjacent to an activating group) is 1. The van der Waals surface area contributed by atoms with E-state index in [1.54, 1.807) is 19.1 Å². The van der Waals surface area contributed by atoms with Crippen molar-refractivity contribution in [1.82, 2.24) is 4.90 Å². The van der Waals surface area contributed by atoms with Crippen molar-refractivity contribution in [3.8, 4) is 5.75 Å². The summed E-state index contributed by atoms with van der Waals surface area (Å²) in [7, 11) is 3.36. The number of hydrogen-bond acceptors (Lipinski definition) is 3. The van der Waals surface area contributed by atoms with Crippen LogP contribution in [0.1, 0.15) is 12.0 Å². The summed E-state index contributed by atoms with van der Waals surface area (Å²) in [5.41, 5.74) is 6.42. The molecular formula is C13H19ClN2O2. The summed E-state index contributed by atoms with van der Waals surface area (Å²) in [6, 6.07) is 5.65. The fraction of sp³-hybridized carbons (Fsp3) is 0.462. The zero-order valence-corrected chi connectivity index (χ0v) is 11.5. The highest BCUT2D eigenvalue weighted by Crippen LogP contribution is 2.25. The zero-order valence-electron chi connectivity index (χ0n) is 10.8. The molecule has 0 heterocycles. The fourth-order valence-corrected chi connectivity index (χ4v) is 1.88. The normalized spacial score (nSPS) is 10.2. The summed E-state index contributed by atoms with van der Waals surface area (Å²) >= 11 is 6.04. The Bertz CT molecular complexity index is 410. The minimum Gasteiger partial charge on any atom is -0.495 e. The standard InChI is InChI=1S/C13H19ClN2O2/c1-16(13(17)5-7-15)8-6-10-3-4-12(18-2)11(14)9-10/h3-4,9H,5-8,15H2,1-2H3. The average molecular weight is 271 g/mol. The van der Waals surface area contributed by atoms with Gasteiger partial charge in [0.2, 0.25) is 5.91 Å². The number of methoxy groups -OCH3 is 1. The number of carbonyl (C=O) groups is 1. The molecule has 0 atom stereocenters. The Morgan fingerprint density at radius 1 is 1.50 bits per heavy atom. The van der Waals surface area contributed by atoms with Crippen LogP contribution in [0.25, 0.3) is 0 Å². The van der Waals surface area contributed by atoms with E-state index < -0.39 is 0 Å². The lowest BCUT2D eigenvalue weighted by atomic mass is 10.1. The van der Waals surface area contributed by atoms with Gasteiger partial charge in [0, 0.05) is 26.6 Å². The van der Waals surface area contributed by atoms with Crippen molar-refractivity contribution < 1.29 is 9.53 Å². The van der Waals surface area contributed by atoms with Gasteiger partial charge in [-0.3, -0.25) is 4.79 Å². The van der Waals surface area contributed by atoms with E-state index in [4.69, 9.17) is 22.1 Å². The Balaban J connectivity index is 2.53. The van der Waals surface area contributed by atoms with E-state index in [0.29, 0.717) is 30.3 Å². The molecule has 0 aliphatic rings. The van der Waals surface area contributed by atoms with Gasteiger partial charge in [-0.15, -0.1) is 0 Å². The van der Waals surface area contributed by atoms with Gasteiger partial charge in [-0.05, 0) is 24.1 Å². The molecule has 1 amide bonds. The SMILES string of the molecule is COc1ccc(CCN(C)C(=O)CCN)cc1Cl. The maximum atomic E-state index is 11.5. The number of carbonyl (C=O) groups excluding carboxylic acids is 1. The van der Waals surface area contributed by atoms with Gasteiger partial charge >= 0.3 is 0 Å². The molecule has 1 aromatic carbocycles. The highest BCUT2D eigenvalue weighted by atomic mass is 35.5. The third-order valence-corrected chi connectivity index (χ3v) is 3.03. The smallest absolute Gasteiger partial charge is 0.223 e. The van der Waals surface area contributed by atoms with Gasteiger partial charge in [0.1, 0.15) is 5.75 Å². The van der Waals surface area contributed by atoms with Crippen molar-refractivity contribution in [2.45, 2.75) is 12.8 Å². The first-order valence-corrected chi connectivity index (χ1v) is 6.22. The molecule has 0 saturated heterocycles. The third kappa shape index (κ3) is 4.20. The lowest BCUT2D eigenvalue weighted by Crippen LogP contribution is -2.30. The summed E-state index contributed by atoms with van der Waals surface area (Å²) < 4.78 is 5.09. The van der Waals surface area contributed by atoms with E-state index in [9.17, 15) is 4.79 Å². The maximum Gasteiger partial charge on any atom is 0.223 e. The predicted molar refractivity (Wildman–Crippen MR) is 73.0 cm³/mol. The largest absolute Gasteiger partial charge is 0.495 e. The molecule has 1 rings (SSSR count). The van der Waals surface area contributed by atoms with E-state index in [0.717, 1.165) is 12.0 Å². The molecule has 0 saturated carbocycles. The third-order valence-electron chi connectivity index (χ3n) is 2.74. The van der Waals surface area contributed by atoms with Crippen molar-refractivity contribution in [2.75, 3.05) is 27.2 Å². The van der Waals surface area contributed by atoms with Crippen molar-refractivity contribution in [3.05, 3.63) is 28.8 Å². The van der Waals surface area contributed by atoms with E-state index >= 15 is 0 Å². The van der Waals surface area contributed by atoms with Gasteiger partial charge in [0.15, 0.2) is 0 Å². The molecule has 0 radical (unpaired) electrons. The van der Waals surface area contributed by atoms with Crippen LogP contribution in [0.5, 0.6) is 5.75 Å². The first-order chi connectivity index (χ1) is 8.58. The molecule has 0 aliphatic carbocycles.